The molecule has 0 saturated carbocycles. The maximum Gasteiger partial charge on any atom is 0.0446 e. The zero-order valence-electron chi connectivity index (χ0n) is 8.63. The van der Waals surface area contributed by atoms with Crippen molar-refractivity contribution >= 4 is 0 Å². The van der Waals surface area contributed by atoms with Crippen molar-refractivity contribution in [3.8, 4) is 0 Å². The van der Waals surface area contributed by atoms with Gasteiger partial charge in [-0.05, 0) is 39.4 Å². The molecule has 1 aliphatic heterocycles. The Bertz CT molecular complexity index is 121. The Kier molecular flexibility index (Phi) is 5.35. The van der Waals surface area contributed by atoms with Gasteiger partial charge in [0.1, 0.15) is 0 Å². The summed E-state index contributed by atoms with van der Waals surface area (Å²) >= 11 is 0. The van der Waals surface area contributed by atoms with Crippen LogP contribution in [0.15, 0.2) is 0 Å². The van der Waals surface area contributed by atoms with Gasteiger partial charge in [-0.15, -0.1) is 0 Å². The van der Waals surface area contributed by atoms with Gasteiger partial charge in [-0.25, -0.2) is 0 Å². The number of likely N-dealkylation sites (N-methyl/N-ethyl adjacent to an activating group) is 1. The molecule has 1 aliphatic rings. The summed E-state index contributed by atoms with van der Waals surface area (Å²) in [6.45, 7) is 3.86. The second-order valence-corrected chi connectivity index (χ2v) is 3.86. The minimum absolute atomic E-state index is 0.291. The van der Waals surface area contributed by atoms with Gasteiger partial charge < -0.3 is 15.3 Å². The van der Waals surface area contributed by atoms with E-state index in [1.54, 1.807) is 0 Å². The molecule has 0 bridgehead atoms. The molecule has 0 aromatic rings. The molecule has 0 radical (unpaired) electrons. The molecule has 1 rings (SSSR count). The lowest BCUT2D eigenvalue weighted by Gasteiger charge is -2.30. The fraction of sp³-hybridized carbons (Fsp3) is 1.00. The first-order valence-electron chi connectivity index (χ1n) is 5.37. The number of aliphatic hydroxyl groups excluding tert-OH is 1. The number of rotatable bonds is 5. The first-order valence-corrected chi connectivity index (χ1v) is 5.37. The lowest BCUT2D eigenvalue weighted by Crippen LogP contribution is -2.42. The molecule has 3 heteroatoms. The van der Waals surface area contributed by atoms with Gasteiger partial charge in [-0.2, -0.15) is 0 Å². The second-order valence-electron chi connectivity index (χ2n) is 3.86. The van der Waals surface area contributed by atoms with E-state index in [9.17, 15) is 0 Å². The monoisotopic (exact) mass is 186 g/mol. The van der Waals surface area contributed by atoms with Crippen molar-refractivity contribution in [3.63, 3.8) is 0 Å². The standard InChI is InChI=1S/C10H22N2O/c1-11-10(5-8-13)9-12-6-3-2-4-7-12/h10-11,13H,2-9H2,1H3. The summed E-state index contributed by atoms with van der Waals surface area (Å²) in [4.78, 5) is 2.50. The third-order valence-electron chi connectivity index (χ3n) is 2.81. The Morgan fingerprint density at radius 2 is 2.00 bits per heavy atom. The number of hydrogen-bond acceptors (Lipinski definition) is 3. The van der Waals surface area contributed by atoms with E-state index >= 15 is 0 Å². The average Bonchev–Trinajstić information content (AvgIpc) is 2.19. The Labute approximate surface area is 81.1 Å². The zero-order valence-corrected chi connectivity index (χ0v) is 8.63. The van der Waals surface area contributed by atoms with Crippen LogP contribution >= 0.6 is 0 Å². The second kappa shape index (κ2) is 6.35. The molecule has 2 N–H and O–H groups in total. The van der Waals surface area contributed by atoms with E-state index < -0.39 is 0 Å². The van der Waals surface area contributed by atoms with Crippen LogP contribution in [0.5, 0.6) is 0 Å². The molecule has 1 unspecified atom stereocenters. The molecular formula is C10H22N2O. The third-order valence-corrected chi connectivity index (χ3v) is 2.81. The molecule has 0 aliphatic carbocycles. The third kappa shape index (κ3) is 4.07. The van der Waals surface area contributed by atoms with Gasteiger partial charge in [0.05, 0.1) is 0 Å². The SMILES string of the molecule is CNC(CCO)CN1CCCCC1. The molecule has 3 nitrogen and oxygen atoms in total. The van der Waals surface area contributed by atoms with Gasteiger partial charge in [-0.1, -0.05) is 6.42 Å². The topological polar surface area (TPSA) is 35.5 Å². The number of hydrogen-bond donors (Lipinski definition) is 2. The minimum atomic E-state index is 0.291. The molecule has 0 aromatic heterocycles. The highest BCUT2D eigenvalue weighted by molar-refractivity contribution is 4.72. The van der Waals surface area contributed by atoms with Crippen molar-refractivity contribution in [2.45, 2.75) is 31.7 Å². The van der Waals surface area contributed by atoms with Crippen LogP contribution in [-0.2, 0) is 0 Å². The van der Waals surface area contributed by atoms with Crippen molar-refractivity contribution in [1.29, 1.82) is 0 Å². The molecule has 1 saturated heterocycles. The fourth-order valence-electron chi connectivity index (χ4n) is 1.94. The number of piperidine rings is 1. The smallest absolute Gasteiger partial charge is 0.0446 e. The van der Waals surface area contributed by atoms with Gasteiger partial charge >= 0.3 is 0 Å². The number of aliphatic hydroxyl groups is 1. The largest absolute Gasteiger partial charge is 0.396 e. The fourth-order valence-corrected chi connectivity index (χ4v) is 1.94. The molecule has 13 heavy (non-hydrogen) atoms. The summed E-state index contributed by atoms with van der Waals surface area (Å²) in [5.74, 6) is 0. The van der Waals surface area contributed by atoms with Gasteiger partial charge in [0.15, 0.2) is 0 Å². The van der Waals surface area contributed by atoms with Crippen LogP contribution in [0.1, 0.15) is 25.7 Å². The van der Waals surface area contributed by atoms with E-state index in [0.29, 0.717) is 12.6 Å². The van der Waals surface area contributed by atoms with E-state index in [4.69, 9.17) is 5.11 Å². The molecule has 78 valence electrons. The first-order chi connectivity index (χ1) is 6.36. The van der Waals surface area contributed by atoms with Crippen molar-refractivity contribution in [2.75, 3.05) is 33.3 Å². The Morgan fingerprint density at radius 1 is 1.31 bits per heavy atom. The molecule has 1 heterocycles. The van der Waals surface area contributed by atoms with Crippen molar-refractivity contribution in [2.24, 2.45) is 0 Å². The van der Waals surface area contributed by atoms with Crippen molar-refractivity contribution in [1.82, 2.24) is 10.2 Å². The first kappa shape index (κ1) is 11.0. The number of likely N-dealkylation sites (tertiary alicyclic amines) is 1. The van der Waals surface area contributed by atoms with E-state index in [1.165, 1.54) is 32.4 Å². The van der Waals surface area contributed by atoms with E-state index in [2.05, 4.69) is 10.2 Å². The minimum Gasteiger partial charge on any atom is -0.396 e. The van der Waals surface area contributed by atoms with E-state index in [0.717, 1.165) is 13.0 Å². The maximum atomic E-state index is 8.84. The van der Waals surface area contributed by atoms with Crippen molar-refractivity contribution in [3.05, 3.63) is 0 Å². The summed E-state index contributed by atoms with van der Waals surface area (Å²) in [7, 11) is 1.98. The Balaban J connectivity index is 2.18. The number of nitrogens with one attached hydrogen (secondary N) is 1. The van der Waals surface area contributed by atoms with Crippen molar-refractivity contribution < 1.29 is 5.11 Å². The average molecular weight is 186 g/mol. The molecule has 0 spiro atoms. The highest BCUT2D eigenvalue weighted by Gasteiger charge is 2.14. The van der Waals surface area contributed by atoms with Crippen LogP contribution in [0.25, 0.3) is 0 Å². The van der Waals surface area contributed by atoms with E-state index in [-0.39, 0.29) is 0 Å². The molecular weight excluding hydrogens is 164 g/mol. The lowest BCUT2D eigenvalue weighted by molar-refractivity contribution is 0.188. The normalized spacial score (nSPS) is 21.7. The Morgan fingerprint density at radius 3 is 2.54 bits per heavy atom. The van der Waals surface area contributed by atoms with Crippen LogP contribution < -0.4 is 5.32 Å². The summed E-state index contributed by atoms with van der Waals surface area (Å²) in [6.07, 6.45) is 4.94. The predicted octanol–water partition coefficient (Wildman–Crippen LogP) is 0.443. The zero-order chi connectivity index (χ0) is 9.52. The molecule has 0 aromatic carbocycles. The summed E-state index contributed by atoms with van der Waals surface area (Å²) < 4.78 is 0. The summed E-state index contributed by atoms with van der Waals surface area (Å²) in [6, 6.07) is 0.461. The van der Waals surface area contributed by atoms with Crippen LogP contribution in [0.4, 0.5) is 0 Å². The highest BCUT2D eigenvalue weighted by atomic mass is 16.3. The summed E-state index contributed by atoms with van der Waals surface area (Å²) in [5.41, 5.74) is 0. The quantitative estimate of drug-likeness (QED) is 0.654. The molecule has 1 fully saturated rings. The molecule has 1 atom stereocenters. The van der Waals surface area contributed by atoms with Gasteiger partial charge in [-0.3, -0.25) is 0 Å². The van der Waals surface area contributed by atoms with Crippen LogP contribution in [-0.4, -0.2) is 49.3 Å². The number of nitrogens with zero attached hydrogens (tertiary/aromatic N) is 1. The summed E-state index contributed by atoms with van der Waals surface area (Å²) in [5, 5.41) is 12.1. The van der Waals surface area contributed by atoms with Crippen LogP contribution in [0.3, 0.4) is 0 Å². The highest BCUT2D eigenvalue weighted by Crippen LogP contribution is 2.09. The van der Waals surface area contributed by atoms with Crippen LogP contribution in [0.2, 0.25) is 0 Å². The van der Waals surface area contributed by atoms with Gasteiger partial charge in [0.2, 0.25) is 0 Å². The van der Waals surface area contributed by atoms with Gasteiger partial charge in [0, 0.05) is 19.2 Å². The van der Waals surface area contributed by atoms with Gasteiger partial charge in [0.25, 0.3) is 0 Å². The van der Waals surface area contributed by atoms with E-state index in [1.807, 2.05) is 7.05 Å². The predicted molar refractivity (Wildman–Crippen MR) is 54.8 cm³/mol. The van der Waals surface area contributed by atoms with Crippen LogP contribution in [0, 0.1) is 0 Å². The maximum absolute atomic E-state index is 8.84. The molecule has 0 amide bonds. The Hall–Kier alpha value is -0.120. The lowest BCUT2D eigenvalue weighted by atomic mass is 10.1.